The number of amides is 1. The molecule has 1 aliphatic rings. The summed E-state index contributed by atoms with van der Waals surface area (Å²) in [5, 5.41) is 22.1. The molecule has 0 aromatic carbocycles. The fourth-order valence-corrected chi connectivity index (χ4v) is 5.60. The number of nitrogens with one attached hydrogen (secondary N) is 1. The van der Waals surface area contributed by atoms with E-state index < -0.39 is 0 Å². The molecule has 29 heavy (non-hydrogen) atoms. The predicted molar refractivity (Wildman–Crippen MR) is 116 cm³/mol. The van der Waals surface area contributed by atoms with E-state index in [0.717, 1.165) is 31.2 Å². The number of nitrogens with zero attached hydrogens (tertiary/aromatic N) is 4. The molecule has 0 unspecified atom stereocenters. The first kappa shape index (κ1) is 20.2. The van der Waals surface area contributed by atoms with Crippen LogP contribution in [0.15, 0.2) is 26.4 Å². The Kier molecular flexibility index (Phi) is 6.08. The Morgan fingerprint density at radius 1 is 1.38 bits per heavy atom. The lowest BCUT2D eigenvalue weighted by Gasteiger charge is -2.04. The summed E-state index contributed by atoms with van der Waals surface area (Å²) in [6.45, 7) is 0. The molecule has 10 heteroatoms. The van der Waals surface area contributed by atoms with Gasteiger partial charge in [0.2, 0.25) is 5.91 Å². The summed E-state index contributed by atoms with van der Waals surface area (Å²) in [6.07, 6.45) is 5.35. The summed E-state index contributed by atoms with van der Waals surface area (Å²) >= 11 is 6.11. The molecule has 1 aliphatic carbocycles. The van der Waals surface area contributed by atoms with Crippen LogP contribution in [0, 0.1) is 11.3 Å². The summed E-state index contributed by atoms with van der Waals surface area (Å²) in [6, 6.07) is 5.89. The zero-order chi connectivity index (χ0) is 20.4. The maximum absolute atomic E-state index is 12.5. The monoisotopic (exact) mass is 491 g/mol. The molecular formula is C19H18BrN5O2S2. The number of aromatic nitrogens is 3. The van der Waals surface area contributed by atoms with Crippen LogP contribution in [-0.2, 0) is 24.7 Å². The van der Waals surface area contributed by atoms with Crippen molar-refractivity contribution < 1.29 is 9.21 Å². The molecule has 3 aromatic heterocycles. The molecule has 0 saturated heterocycles. The number of fused-ring (bicyclic) bond motifs is 1. The van der Waals surface area contributed by atoms with Gasteiger partial charge in [-0.1, -0.05) is 18.2 Å². The van der Waals surface area contributed by atoms with E-state index in [4.69, 9.17) is 4.42 Å². The maximum atomic E-state index is 12.5. The number of carbonyl (C=O) groups is 1. The van der Waals surface area contributed by atoms with E-state index >= 15 is 0 Å². The SMILES string of the molecule is Cn1c(SCC(=O)Nc2sc3c(c2C#N)CCCCC3)nnc1-c1ccc(Br)o1. The Morgan fingerprint density at radius 2 is 2.21 bits per heavy atom. The molecule has 0 saturated carbocycles. The van der Waals surface area contributed by atoms with Crippen LogP contribution in [0.4, 0.5) is 5.00 Å². The molecule has 7 nitrogen and oxygen atoms in total. The summed E-state index contributed by atoms with van der Waals surface area (Å²) in [5.41, 5.74) is 1.76. The average molecular weight is 492 g/mol. The van der Waals surface area contributed by atoms with Crippen molar-refractivity contribution in [3.05, 3.63) is 32.8 Å². The lowest BCUT2D eigenvalue weighted by Crippen LogP contribution is -2.14. The number of rotatable bonds is 5. The highest BCUT2D eigenvalue weighted by molar-refractivity contribution is 9.10. The smallest absolute Gasteiger partial charge is 0.235 e. The number of hydrogen-bond acceptors (Lipinski definition) is 7. The van der Waals surface area contributed by atoms with Crippen LogP contribution in [-0.4, -0.2) is 26.4 Å². The molecule has 150 valence electrons. The van der Waals surface area contributed by atoms with Crippen LogP contribution < -0.4 is 5.32 Å². The molecule has 0 spiro atoms. The number of thiophene rings is 1. The van der Waals surface area contributed by atoms with Gasteiger partial charge in [-0.2, -0.15) is 5.26 Å². The van der Waals surface area contributed by atoms with Gasteiger partial charge < -0.3 is 14.3 Å². The lowest BCUT2D eigenvalue weighted by atomic mass is 10.1. The molecule has 0 fully saturated rings. The Bertz CT molecular complexity index is 1090. The first-order valence-corrected chi connectivity index (χ1v) is 11.8. The Labute approximate surface area is 184 Å². The first-order valence-electron chi connectivity index (χ1n) is 9.19. The Hall–Kier alpha value is -2.09. The van der Waals surface area contributed by atoms with Gasteiger partial charge in [0.15, 0.2) is 21.4 Å². The van der Waals surface area contributed by atoms with Crippen LogP contribution in [0.2, 0.25) is 0 Å². The Balaban J connectivity index is 1.43. The number of carbonyl (C=O) groups excluding carboxylic acids is 1. The van der Waals surface area contributed by atoms with Gasteiger partial charge in [-0.3, -0.25) is 4.79 Å². The van der Waals surface area contributed by atoms with Crippen LogP contribution in [0.5, 0.6) is 0 Å². The van der Waals surface area contributed by atoms with Gasteiger partial charge >= 0.3 is 0 Å². The number of hydrogen-bond donors (Lipinski definition) is 1. The lowest BCUT2D eigenvalue weighted by molar-refractivity contribution is -0.113. The second kappa shape index (κ2) is 8.73. The van der Waals surface area contributed by atoms with E-state index in [1.54, 1.807) is 28.0 Å². The topological polar surface area (TPSA) is 96.7 Å². The van der Waals surface area contributed by atoms with Crippen LogP contribution >= 0.6 is 39.0 Å². The standard InChI is InChI=1S/C19H18BrN5O2S2/c1-25-17(13-7-8-15(20)27-13)23-24-19(25)28-10-16(26)22-18-12(9-21)11-5-3-2-4-6-14(11)29-18/h7-8H,2-6,10H2,1H3,(H,22,26). The highest BCUT2D eigenvalue weighted by atomic mass is 79.9. The van der Waals surface area contributed by atoms with E-state index in [-0.39, 0.29) is 11.7 Å². The summed E-state index contributed by atoms with van der Waals surface area (Å²) in [5.74, 6) is 1.21. The van der Waals surface area contributed by atoms with Crippen molar-refractivity contribution >= 4 is 49.9 Å². The van der Waals surface area contributed by atoms with Gasteiger partial charge in [-0.05, 0) is 59.3 Å². The van der Waals surface area contributed by atoms with Gasteiger partial charge in [-0.15, -0.1) is 21.5 Å². The molecule has 1 amide bonds. The third kappa shape index (κ3) is 4.27. The second-order valence-electron chi connectivity index (χ2n) is 6.69. The van der Waals surface area contributed by atoms with E-state index in [1.165, 1.54) is 23.1 Å². The van der Waals surface area contributed by atoms with Crippen LogP contribution in [0.3, 0.4) is 0 Å². The quantitative estimate of drug-likeness (QED) is 0.407. The summed E-state index contributed by atoms with van der Waals surface area (Å²) in [4.78, 5) is 13.7. The maximum Gasteiger partial charge on any atom is 0.235 e. The predicted octanol–water partition coefficient (Wildman–Crippen LogP) is 4.77. The second-order valence-corrected chi connectivity index (χ2v) is 9.52. The molecule has 4 rings (SSSR count). The molecule has 0 aliphatic heterocycles. The van der Waals surface area contributed by atoms with Crippen molar-refractivity contribution in [2.24, 2.45) is 7.05 Å². The van der Waals surface area contributed by atoms with Crippen molar-refractivity contribution in [1.82, 2.24) is 14.8 Å². The van der Waals surface area contributed by atoms with E-state index in [2.05, 4.69) is 37.5 Å². The van der Waals surface area contributed by atoms with Gasteiger partial charge in [-0.25, -0.2) is 0 Å². The van der Waals surface area contributed by atoms with Crippen molar-refractivity contribution in [1.29, 1.82) is 5.26 Å². The van der Waals surface area contributed by atoms with Gasteiger partial charge in [0, 0.05) is 11.9 Å². The molecule has 1 N–H and O–H groups in total. The zero-order valence-electron chi connectivity index (χ0n) is 15.7. The minimum Gasteiger partial charge on any atom is -0.446 e. The average Bonchev–Trinajstić information content (AvgIpc) is 3.32. The first-order chi connectivity index (χ1) is 14.1. The summed E-state index contributed by atoms with van der Waals surface area (Å²) in [7, 11) is 1.83. The van der Waals surface area contributed by atoms with E-state index in [1.807, 2.05) is 7.05 Å². The molecule has 3 heterocycles. The summed E-state index contributed by atoms with van der Waals surface area (Å²) < 4.78 is 7.92. The van der Waals surface area contributed by atoms with Crippen molar-refractivity contribution in [3.63, 3.8) is 0 Å². The molecular weight excluding hydrogens is 474 g/mol. The minimum atomic E-state index is -0.159. The van der Waals surface area contributed by atoms with E-state index in [9.17, 15) is 10.1 Å². The van der Waals surface area contributed by atoms with E-state index in [0.29, 0.717) is 32.0 Å². The normalized spacial score (nSPS) is 13.6. The molecule has 0 atom stereocenters. The van der Waals surface area contributed by atoms with Crippen molar-refractivity contribution in [2.45, 2.75) is 37.3 Å². The number of aryl methyl sites for hydroxylation is 1. The molecule has 3 aromatic rings. The van der Waals surface area contributed by atoms with Crippen molar-refractivity contribution in [2.75, 3.05) is 11.1 Å². The van der Waals surface area contributed by atoms with Crippen LogP contribution in [0.25, 0.3) is 11.6 Å². The number of halogens is 1. The van der Waals surface area contributed by atoms with Gasteiger partial charge in [0.1, 0.15) is 11.1 Å². The van der Waals surface area contributed by atoms with Gasteiger partial charge in [0.05, 0.1) is 11.3 Å². The fraction of sp³-hybridized carbons (Fsp3) is 0.368. The minimum absolute atomic E-state index is 0.159. The fourth-order valence-electron chi connectivity index (χ4n) is 3.33. The zero-order valence-corrected chi connectivity index (χ0v) is 18.9. The molecule has 0 bridgehead atoms. The molecule has 0 radical (unpaired) electrons. The number of furan rings is 1. The van der Waals surface area contributed by atoms with Crippen LogP contribution in [0.1, 0.15) is 35.3 Å². The third-order valence-corrected chi connectivity index (χ3v) is 7.40. The third-order valence-electron chi connectivity index (χ3n) is 4.75. The Morgan fingerprint density at radius 3 is 2.97 bits per heavy atom. The number of nitriles is 1. The highest BCUT2D eigenvalue weighted by Gasteiger charge is 2.21. The largest absolute Gasteiger partial charge is 0.446 e. The number of anilines is 1. The van der Waals surface area contributed by atoms with Gasteiger partial charge in [0.25, 0.3) is 0 Å². The van der Waals surface area contributed by atoms with Crippen molar-refractivity contribution in [3.8, 4) is 17.7 Å². The highest BCUT2D eigenvalue weighted by Crippen LogP contribution is 2.37. The number of thioether (sulfide) groups is 1.